The molecule has 2 heterocycles. The van der Waals surface area contributed by atoms with Crippen LogP contribution in [0.25, 0.3) is 6.08 Å². The number of ether oxygens (including phenoxy) is 4. The highest BCUT2D eigenvalue weighted by atomic mass is 32.2. The molecule has 4 rings (SSSR count). The van der Waals surface area contributed by atoms with E-state index < -0.39 is 5.91 Å². The molecule has 2 aromatic rings. The standard InChI is InChI=1S/C24H24N4O5S2/c1-4-31-20-13-15(12-18-21(25)28-23(26-22(18)29)35-27-24(28)34-3)8-9-19(20)33-11-10-32-17-7-5-6-16(14-17)30-2/h5-9,12-14,25H,4,10-11H2,1-3H3/b18-12-,25-21?. The van der Waals surface area contributed by atoms with E-state index in [1.165, 1.54) is 11.8 Å². The summed E-state index contributed by atoms with van der Waals surface area (Å²) in [4.78, 5) is 18.2. The second kappa shape index (κ2) is 11.3. The minimum atomic E-state index is -0.473. The van der Waals surface area contributed by atoms with E-state index in [0.29, 0.717) is 53.0 Å². The zero-order valence-electron chi connectivity index (χ0n) is 19.4. The van der Waals surface area contributed by atoms with Gasteiger partial charge >= 0.3 is 0 Å². The lowest BCUT2D eigenvalue weighted by Crippen LogP contribution is -2.41. The van der Waals surface area contributed by atoms with Crippen LogP contribution in [0, 0.1) is 5.41 Å². The smallest absolute Gasteiger partial charge is 0.283 e. The highest BCUT2D eigenvalue weighted by Crippen LogP contribution is 2.33. The monoisotopic (exact) mass is 512 g/mol. The first kappa shape index (κ1) is 24.7. The molecule has 2 aromatic carbocycles. The maximum atomic E-state index is 12.6. The number of benzene rings is 2. The van der Waals surface area contributed by atoms with Crippen molar-refractivity contribution in [3.63, 3.8) is 0 Å². The molecular formula is C24H24N4O5S2. The van der Waals surface area contributed by atoms with Crippen molar-refractivity contribution in [2.45, 2.75) is 6.92 Å². The van der Waals surface area contributed by atoms with Crippen LogP contribution in [-0.2, 0) is 4.79 Å². The zero-order valence-corrected chi connectivity index (χ0v) is 21.1. The molecule has 1 amide bonds. The molecule has 0 bridgehead atoms. The van der Waals surface area contributed by atoms with Crippen LogP contribution >= 0.6 is 23.7 Å². The SMILES string of the molecule is CCOc1cc(/C=C2/C(=N)N3C(SC)=NSC3=NC2=O)ccc1OCCOc1cccc(OC)c1. The molecule has 0 saturated heterocycles. The zero-order chi connectivity index (χ0) is 24.8. The van der Waals surface area contributed by atoms with Crippen LogP contribution in [0.5, 0.6) is 23.0 Å². The van der Waals surface area contributed by atoms with E-state index in [9.17, 15) is 4.79 Å². The molecule has 0 aliphatic carbocycles. The Morgan fingerprint density at radius 1 is 1.09 bits per heavy atom. The van der Waals surface area contributed by atoms with Crippen LogP contribution in [0.2, 0.25) is 0 Å². The summed E-state index contributed by atoms with van der Waals surface area (Å²) in [5.74, 6) is 2.08. The second-order valence-electron chi connectivity index (χ2n) is 7.13. The number of hydrogen-bond acceptors (Lipinski definition) is 9. The lowest BCUT2D eigenvalue weighted by molar-refractivity contribution is -0.114. The van der Waals surface area contributed by atoms with E-state index in [1.54, 1.807) is 42.4 Å². The molecule has 1 N–H and O–H groups in total. The number of amides is 1. The Labute approximate surface area is 211 Å². The highest BCUT2D eigenvalue weighted by molar-refractivity contribution is 8.18. The van der Waals surface area contributed by atoms with E-state index in [0.717, 1.165) is 17.7 Å². The van der Waals surface area contributed by atoms with Crippen molar-refractivity contribution < 1.29 is 23.7 Å². The predicted octanol–water partition coefficient (Wildman–Crippen LogP) is 4.49. The maximum absolute atomic E-state index is 12.6. The molecule has 35 heavy (non-hydrogen) atoms. The Morgan fingerprint density at radius 3 is 2.66 bits per heavy atom. The Kier molecular flexibility index (Phi) is 7.98. The maximum Gasteiger partial charge on any atom is 0.283 e. The van der Waals surface area contributed by atoms with Crippen LogP contribution in [0.4, 0.5) is 0 Å². The first-order valence-electron chi connectivity index (χ1n) is 10.7. The number of carbonyl (C=O) groups excluding carboxylic acids is 1. The third-order valence-electron chi connectivity index (χ3n) is 4.91. The minimum absolute atomic E-state index is 0.0473. The summed E-state index contributed by atoms with van der Waals surface area (Å²) in [5.41, 5.74) is 0.871. The fourth-order valence-corrected chi connectivity index (χ4v) is 4.76. The van der Waals surface area contributed by atoms with E-state index in [-0.39, 0.29) is 11.4 Å². The van der Waals surface area contributed by atoms with Gasteiger partial charge < -0.3 is 18.9 Å². The highest BCUT2D eigenvalue weighted by Gasteiger charge is 2.37. The van der Waals surface area contributed by atoms with Gasteiger partial charge in [-0.25, -0.2) is 4.90 Å². The van der Waals surface area contributed by atoms with Gasteiger partial charge in [-0.3, -0.25) is 10.2 Å². The molecule has 0 saturated carbocycles. The molecule has 0 fully saturated rings. The number of hydrogen-bond donors (Lipinski definition) is 1. The third-order valence-corrected chi connectivity index (χ3v) is 6.36. The van der Waals surface area contributed by atoms with Gasteiger partial charge in [-0.05, 0) is 49.1 Å². The molecule has 2 aliphatic heterocycles. The summed E-state index contributed by atoms with van der Waals surface area (Å²) in [6, 6.07) is 12.7. The van der Waals surface area contributed by atoms with Crippen LogP contribution in [0.15, 0.2) is 57.4 Å². The molecule has 11 heteroatoms. The number of fused-ring (bicyclic) bond motifs is 1. The van der Waals surface area contributed by atoms with Crippen molar-refractivity contribution in [2.24, 2.45) is 9.39 Å². The van der Waals surface area contributed by atoms with Crippen molar-refractivity contribution in [2.75, 3.05) is 33.2 Å². The van der Waals surface area contributed by atoms with Gasteiger partial charge in [0.05, 0.1) is 31.2 Å². The van der Waals surface area contributed by atoms with E-state index >= 15 is 0 Å². The summed E-state index contributed by atoms with van der Waals surface area (Å²) >= 11 is 2.49. The predicted molar refractivity (Wildman–Crippen MR) is 140 cm³/mol. The fraction of sp³-hybridized carbons (Fsp3) is 0.250. The van der Waals surface area contributed by atoms with Gasteiger partial charge in [0.15, 0.2) is 16.7 Å². The van der Waals surface area contributed by atoms with E-state index in [1.807, 2.05) is 31.4 Å². The number of aliphatic imine (C=N–C) groups is 1. The van der Waals surface area contributed by atoms with Gasteiger partial charge in [0.25, 0.3) is 5.91 Å². The molecular weight excluding hydrogens is 488 g/mol. The van der Waals surface area contributed by atoms with Crippen LogP contribution in [0.3, 0.4) is 0 Å². The minimum Gasteiger partial charge on any atom is -0.497 e. The van der Waals surface area contributed by atoms with Crippen LogP contribution in [-0.4, -0.2) is 60.2 Å². The summed E-state index contributed by atoms with van der Waals surface area (Å²) in [6.45, 7) is 2.97. The van der Waals surface area contributed by atoms with E-state index in [4.69, 9.17) is 24.4 Å². The van der Waals surface area contributed by atoms with Crippen LogP contribution in [0.1, 0.15) is 12.5 Å². The second-order valence-corrected chi connectivity index (χ2v) is 8.63. The van der Waals surface area contributed by atoms with Crippen LogP contribution < -0.4 is 18.9 Å². The quantitative estimate of drug-likeness (QED) is 0.298. The summed E-state index contributed by atoms with van der Waals surface area (Å²) in [7, 11) is 1.61. The number of carbonyl (C=O) groups is 1. The van der Waals surface area contributed by atoms with Crippen molar-refractivity contribution >= 4 is 51.9 Å². The van der Waals surface area contributed by atoms with Crippen molar-refractivity contribution in [3.8, 4) is 23.0 Å². The Bertz CT molecular complexity index is 1230. The lowest BCUT2D eigenvalue weighted by Gasteiger charge is -2.23. The van der Waals surface area contributed by atoms with Gasteiger partial charge in [0.1, 0.15) is 30.5 Å². The van der Waals surface area contributed by atoms with Crippen molar-refractivity contribution in [3.05, 3.63) is 53.6 Å². The van der Waals surface area contributed by atoms with E-state index in [2.05, 4.69) is 9.39 Å². The number of methoxy groups -OCH3 is 1. The van der Waals surface area contributed by atoms with Gasteiger partial charge in [-0.15, -0.1) is 0 Å². The summed E-state index contributed by atoms with van der Waals surface area (Å²) < 4.78 is 26.8. The number of rotatable bonds is 9. The lowest BCUT2D eigenvalue weighted by atomic mass is 10.1. The number of amidine groups is 3. The van der Waals surface area contributed by atoms with Gasteiger partial charge in [0, 0.05) is 6.07 Å². The average molecular weight is 513 g/mol. The van der Waals surface area contributed by atoms with Crippen molar-refractivity contribution in [1.29, 1.82) is 5.41 Å². The van der Waals surface area contributed by atoms with Gasteiger partial charge in [-0.1, -0.05) is 23.9 Å². The third kappa shape index (κ3) is 5.63. The molecule has 0 spiro atoms. The summed E-state index contributed by atoms with van der Waals surface area (Å²) in [6.07, 6.45) is 3.49. The Morgan fingerprint density at radius 2 is 1.89 bits per heavy atom. The van der Waals surface area contributed by atoms with Crippen molar-refractivity contribution in [1.82, 2.24) is 4.90 Å². The largest absolute Gasteiger partial charge is 0.497 e. The number of nitrogens with one attached hydrogen (secondary N) is 1. The number of nitrogens with zero attached hydrogens (tertiary/aromatic N) is 3. The number of thioether (sulfide) groups is 1. The molecule has 0 radical (unpaired) electrons. The summed E-state index contributed by atoms with van der Waals surface area (Å²) in [5, 5.41) is 9.56. The molecule has 182 valence electrons. The molecule has 2 aliphatic rings. The fourth-order valence-electron chi connectivity index (χ4n) is 3.30. The van der Waals surface area contributed by atoms with Gasteiger partial charge in [-0.2, -0.15) is 9.39 Å². The Balaban J connectivity index is 1.46. The molecule has 0 atom stereocenters. The normalized spacial score (nSPS) is 16.1. The first-order valence-corrected chi connectivity index (χ1v) is 12.7. The topological polar surface area (TPSA) is 106 Å². The molecule has 9 nitrogen and oxygen atoms in total. The first-order chi connectivity index (χ1) is 17.0. The molecule has 0 aromatic heterocycles. The Hall–Kier alpha value is -3.44. The van der Waals surface area contributed by atoms with Gasteiger partial charge in [0.2, 0.25) is 5.17 Å². The average Bonchev–Trinajstić information content (AvgIpc) is 3.28. The molecule has 0 unspecified atom stereocenters.